The molecule has 2 heterocycles. The van der Waals surface area contributed by atoms with Gasteiger partial charge in [0.15, 0.2) is 11.5 Å². The van der Waals surface area contributed by atoms with Crippen LogP contribution in [0.1, 0.15) is 32.0 Å². The molecule has 1 aromatic heterocycles. The predicted molar refractivity (Wildman–Crippen MR) is 107 cm³/mol. The maximum absolute atomic E-state index is 12.7. The van der Waals surface area contributed by atoms with Gasteiger partial charge in [0.25, 0.3) is 11.8 Å². The van der Waals surface area contributed by atoms with Gasteiger partial charge in [-0.2, -0.15) is 0 Å². The Morgan fingerprint density at radius 2 is 1.83 bits per heavy atom. The maximum atomic E-state index is 12.7. The van der Waals surface area contributed by atoms with Gasteiger partial charge < -0.3 is 20.1 Å². The third-order valence-electron chi connectivity index (χ3n) is 4.48. The number of benzene rings is 2. The fourth-order valence-electron chi connectivity index (χ4n) is 2.92. The van der Waals surface area contributed by atoms with Gasteiger partial charge in [-0.1, -0.05) is 18.2 Å². The van der Waals surface area contributed by atoms with E-state index in [1.165, 1.54) is 6.20 Å². The van der Waals surface area contributed by atoms with Crippen molar-refractivity contribution in [3.8, 4) is 11.5 Å². The molecule has 0 fully saturated rings. The second-order valence-electron chi connectivity index (χ2n) is 6.56. The number of hydrogen-bond donors (Lipinski definition) is 2. The normalized spacial score (nSPS) is 11.8. The minimum absolute atomic E-state index is 0.203. The minimum Gasteiger partial charge on any atom is -0.454 e. The van der Waals surface area contributed by atoms with Crippen LogP contribution in [0.2, 0.25) is 0 Å². The molecule has 2 amide bonds. The summed E-state index contributed by atoms with van der Waals surface area (Å²) >= 11 is 0. The zero-order chi connectivity index (χ0) is 20.2. The summed E-state index contributed by atoms with van der Waals surface area (Å²) in [5.74, 6) is 0.740. The Labute approximate surface area is 167 Å². The number of aryl methyl sites for hydroxylation is 1. The van der Waals surface area contributed by atoms with Crippen LogP contribution in [0.15, 0.2) is 60.8 Å². The van der Waals surface area contributed by atoms with Crippen LogP contribution < -0.4 is 20.1 Å². The molecule has 4 rings (SSSR count). The topological polar surface area (TPSA) is 89.6 Å². The van der Waals surface area contributed by atoms with Gasteiger partial charge in [0, 0.05) is 18.4 Å². The number of nitrogens with zero attached hydrogens (tertiary/aromatic N) is 1. The Morgan fingerprint density at radius 3 is 2.66 bits per heavy atom. The number of nitrogens with one attached hydrogen (secondary N) is 2. The molecule has 3 aromatic rings. The van der Waals surface area contributed by atoms with E-state index < -0.39 is 0 Å². The molecule has 0 saturated carbocycles. The summed E-state index contributed by atoms with van der Waals surface area (Å²) in [5, 5.41) is 5.65. The summed E-state index contributed by atoms with van der Waals surface area (Å²) in [6.45, 7) is 2.37. The summed E-state index contributed by atoms with van der Waals surface area (Å²) in [4.78, 5) is 29.3. The largest absolute Gasteiger partial charge is 0.454 e. The van der Waals surface area contributed by atoms with E-state index in [1.807, 2.05) is 25.1 Å². The van der Waals surface area contributed by atoms with Crippen molar-refractivity contribution < 1.29 is 19.1 Å². The van der Waals surface area contributed by atoms with Crippen molar-refractivity contribution in [2.75, 3.05) is 12.1 Å². The summed E-state index contributed by atoms with van der Waals surface area (Å²) in [7, 11) is 0. The fourth-order valence-corrected chi connectivity index (χ4v) is 2.92. The summed E-state index contributed by atoms with van der Waals surface area (Å²) in [6.07, 6.45) is 1.51. The first kappa shape index (κ1) is 18.5. The van der Waals surface area contributed by atoms with Crippen LogP contribution in [0.4, 0.5) is 5.69 Å². The third kappa shape index (κ3) is 4.19. The van der Waals surface area contributed by atoms with Crippen LogP contribution in [0.5, 0.6) is 11.5 Å². The van der Waals surface area contributed by atoms with E-state index >= 15 is 0 Å². The second-order valence-corrected chi connectivity index (χ2v) is 6.56. The smallest absolute Gasteiger partial charge is 0.257 e. The standard InChI is InChI=1S/C22H19N3O4/c1-14-6-8-16(12-23-14)21(26)25-18-5-3-2-4-17(18)22(27)24-11-15-7-9-19-20(10-15)29-13-28-19/h2-10,12H,11,13H2,1H3,(H,24,27)(H,25,26). The highest BCUT2D eigenvalue weighted by molar-refractivity contribution is 6.08. The molecule has 0 bridgehead atoms. The van der Waals surface area contributed by atoms with Gasteiger partial charge in [0.1, 0.15) is 0 Å². The van der Waals surface area contributed by atoms with Crippen molar-refractivity contribution in [1.82, 2.24) is 10.3 Å². The van der Waals surface area contributed by atoms with Gasteiger partial charge in [-0.15, -0.1) is 0 Å². The van der Waals surface area contributed by atoms with Crippen LogP contribution in [0.25, 0.3) is 0 Å². The lowest BCUT2D eigenvalue weighted by molar-refractivity contribution is 0.0951. The molecule has 146 valence electrons. The first-order valence-electron chi connectivity index (χ1n) is 9.10. The highest BCUT2D eigenvalue weighted by Crippen LogP contribution is 2.32. The lowest BCUT2D eigenvalue weighted by atomic mass is 10.1. The van der Waals surface area contributed by atoms with Gasteiger partial charge in [-0.25, -0.2) is 0 Å². The second kappa shape index (κ2) is 8.02. The maximum Gasteiger partial charge on any atom is 0.257 e. The number of para-hydroxylation sites is 1. The van der Waals surface area contributed by atoms with Gasteiger partial charge in [0.05, 0.1) is 16.8 Å². The molecule has 0 radical (unpaired) electrons. The molecule has 7 heteroatoms. The zero-order valence-corrected chi connectivity index (χ0v) is 15.8. The lowest BCUT2D eigenvalue weighted by Crippen LogP contribution is -2.25. The molecule has 0 unspecified atom stereocenters. The van der Waals surface area contributed by atoms with Gasteiger partial charge in [-0.05, 0) is 48.9 Å². The lowest BCUT2D eigenvalue weighted by Gasteiger charge is -2.12. The SMILES string of the molecule is Cc1ccc(C(=O)Nc2ccccc2C(=O)NCc2ccc3c(c2)OCO3)cn1. The molecule has 2 aromatic carbocycles. The monoisotopic (exact) mass is 389 g/mol. The molecule has 0 spiro atoms. The number of aromatic nitrogens is 1. The van der Waals surface area contributed by atoms with Crippen molar-refractivity contribution in [1.29, 1.82) is 0 Å². The van der Waals surface area contributed by atoms with Crippen molar-refractivity contribution in [3.63, 3.8) is 0 Å². The first-order chi connectivity index (χ1) is 14.1. The number of fused-ring (bicyclic) bond motifs is 1. The third-order valence-corrected chi connectivity index (χ3v) is 4.48. The number of carbonyl (C=O) groups is 2. The molecule has 0 aliphatic carbocycles. The molecule has 0 saturated heterocycles. The highest BCUT2D eigenvalue weighted by atomic mass is 16.7. The van der Waals surface area contributed by atoms with E-state index in [1.54, 1.807) is 36.4 Å². The average molecular weight is 389 g/mol. The Hall–Kier alpha value is -3.87. The quantitative estimate of drug-likeness (QED) is 0.699. The van der Waals surface area contributed by atoms with Crippen molar-refractivity contribution >= 4 is 17.5 Å². The van der Waals surface area contributed by atoms with Crippen LogP contribution >= 0.6 is 0 Å². The van der Waals surface area contributed by atoms with Crippen LogP contribution in [-0.4, -0.2) is 23.6 Å². The van der Waals surface area contributed by atoms with Gasteiger partial charge in [0.2, 0.25) is 6.79 Å². The predicted octanol–water partition coefficient (Wildman–Crippen LogP) is 3.30. The average Bonchev–Trinajstić information content (AvgIpc) is 3.21. The Morgan fingerprint density at radius 1 is 1.00 bits per heavy atom. The van der Waals surface area contributed by atoms with Crippen LogP contribution in [0, 0.1) is 6.92 Å². The Kier molecular flexibility index (Phi) is 5.11. The van der Waals surface area contributed by atoms with Crippen LogP contribution in [-0.2, 0) is 6.54 Å². The number of hydrogen-bond acceptors (Lipinski definition) is 5. The molecule has 2 N–H and O–H groups in total. The molecule has 1 aliphatic heterocycles. The molecule has 0 atom stereocenters. The Balaban J connectivity index is 1.45. The zero-order valence-electron chi connectivity index (χ0n) is 15.8. The summed E-state index contributed by atoms with van der Waals surface area (Å²) in [5.41, 5.74) is 2.94. The number of anilines is 1. The van der Waals surface area contributed by atoms with Gasteiger partial charge >= 0.3 is 0 Å². The number of amides is 2. The minimum atomic E-state index is -0.325. The van der Waals surface area contributed by atoms with E-state index in [-0.39, 0.29) is 18.6 Å². The van der Waals surface area contributed by atoms with Crippen LogP contribution in [0.3, 0.4) is 0 Å². The first-order valence-corrected chi connectivity index (χ1v) is 9.10. The van der Waals surface area contributed by atoms with E-state index in [0.717, 1.165) is 11.3 Å². The number of rotatable bonds is 5. The van der Waals surface area contributed by atoms with Gasteiger partial charge in [-0.3, -0.25) is 14.6 Å². The molecule has 1 aliphatic rings. The summed E-state index contributed by atoms with van der Waals surface area (Å²) in [6, 6.07) is 15.8. The molecule has 29 heavy (non-hydrogen) atoms. The Bertz CT molecular complexity index is 1060. The number of ether oxygens (including phenoxy) is 2. The molecule has 7 nitrogen and oxygen atoms in total. The van der Waals surface area contributed by atoms with E-state index in [9.17, 15) is 9.59 Å². The number of carbonyl (C=O) groups excluding carboxylic acids is 2. The summed E-state index contributed by atoms with van der Waals surface area (Å²) < 4.78 is 10.6. The molecular formula is C22H19N3O4. The fraction of sp³-hybridized carbons (Fsp3) is 0.136. The van der Waals surface area contributed by atoms with Crippen molar-refractivity contribution in [2.45, 2.75) is 13.5 Å². The van der Waals surface area contributed by atoms with E-state index in [2.05, 4.69) is 15.6 Å². The van der Waals surface area contributed by atoms with Crippen molar-refractivity contribution in [2.24, 2.45) is 0 Å². The van der Waals surface area contributed by atoms with E-state index in [4.69, 9.17) is 9.47 Å². The number of pyridine rings is 1. The van der Waals surface area contributed by atoms with E-state index in [0.29, 0.717) is 34.9 Å². The highest BCUT2D eigenvalue weighted by Gasteiger charge is 2.16. The molecular weight excluding hydrogens is 370 g/mol. The van der Waals surface area contributed by atoms with Crippen molar-refractivity contribution in [3.05, 3.63) is 83.2 Å².